The van der Waals surface area contributed by atoms with Crippen LogP contribution in [0.4, 0.5) is 11.5 Å². The molecule has 0 fully saturated rings. The van der Waals surface area contributed by atoms with Gasteiger partial charge < -0.3 is 5.43 Å². The Morgan fingerprint density at radius 3 is 2.57 bits per heavy atom. The lowest BCUT2D eigenvalue weighted by Crippen LogP contribution is -2.31. The molecule has 7 heteroatoms. The van der Waals surface area contributed by atoms with Crippen molar-refractivity contribution in [2.24, 2.45) is 5.84 Å². The number of rotatable bonds is 5. The van der Waals surface area contributed by atoms with E-state index in [2.05, 4.69) is 10.4 Å². The van der Waals surface area contributed by atoms with E-state index in [0.29, 0.717) is 18.1 Å². The standard InChI is InChI=1S/C14H18N4O2S/c1-3-18(12-6-4-5-11(2)9-12)21(19,20)13-7-8-14(17-15)16-10-13/h4-10H,3,15H2,1-2H3,(H,16,17). The summed E-state index contributed by atoms with van der Waals surface area (Å²) < 4.78 is 26.8. The zero-order valence-electron chi connectivity index (χ0n) is 11.9. The van der Waals surface area contributed by atoms with Crippen molar-refractivity contribution < 1.29 is 8.42 Å². The molecule has 0 spiro atoms. The van der Waals surface area contributed by atoms with Crippen LogP contribution < -0.4 is 15.6 Å². The van der Waals surface area contributed by atoms with Gasteiger partial charge in [-0.2, -0.15) is 0 Å². The summed E-state index contributed by atoms with van der Waals surface area (Å²) in [5, 5.41) is 0. The summed E-state index contributed by atoms with van der Waals surface area (Å²) in [7, 11) is -3.64. The molecule has 2 rings (SSSR count). The van der Waals surface area contributed by atoms with Gasteiger partial charge in [0.15, 0.2) is 0 Å². The van der Waals surface area contributed by atoms with Crippen LogP contribution in [0, 0.1) is 6.92 Å². The second-order valence-electron chi connectivity index (χ2n) is 4.53. The van der Waals surface area contributed by atoms with Crippen molar-refractivity contribution in [1.29, 1.82) is 0 Å². The second-order valence-corrected chi connectivity index (χ2v) is 6.39. The van der Waals surface area contributed by atoms with E-state index in [0.717, 1.165) is 5.56 Å². The van der Waals surface area contributed by atoms with Gasteiger partial charge in [-0.1, -0.05) is 12.1 Å². The number of pyridine rings is 1. The van der Waals surface area contributed by atoms with Gasteiger partial charge in [0.25, 0.3) is 10.0 Å². The molecular weight excluding hydrogens is 288 g/mol. The topological polar surface area (TPSA) is 88.3 Å². The maximum atomic E-state index is 12.7. The van der Waals surface area contributed by atoms with Gasteiger partial charge in [0.2, 0.25) is 0 Å². The number of aromatic nitrogens is 1. The Balaban J connectivity index is 2.44. The van der Waals surface area contributed by atoms with E-state index in [-0.39, 0.29) is 4.90 Å². The fourth-order valence-electron chi connectivity index (χ4n) is 2.02. The number of nitrogens with one attached hydrogen (secondary N) is 1. The number of sulfonamides is 1. The zero-order valence-corrected chi connectivity index (χ0v) is 12.8. The van der Waals surface area contributed by atoms with E-state index in [1.54, 1.807) is 13.0 Å². The van der Waals surface area contributed by atoms with Crippen molar-refractivity contribution in [3.8, 4) is 0 Å². The highest BCUT2D eigenvalue weighted by molar-refractivity contribution is 7.92. The SMILES string of the molecule is CCN(c1cccc(C)c1)S(=O)(=O)c1ccc(NN)nc1. The Labute approximate surface area is 124 Å². The smallest absolute Gasteiger partial charge is 0.265 e. The van der Waals surface area contributed by atoms with Crippen LogP contribution in [0.1, 0.15) is 12.5 Å². The molecular formula is C14H18N4O2S. The summed E-state index contributed by atoms with van der Waals surface area (Å²) in [5.41, 5.74) is 4.01. The third kappa shape index (κ3) is 3.14. The minimum absolute atomic E-state index is 0.129. The Bertz CT molecular complexity index is 714. The lowest BCUT2D eigenvalue weighted by atomic mass is 10.2. The molecule has 0 amide bonds. The molecule has 0 unspecified atom stereocenters. The van der Waals surface area contributed by atoms with Gasteiger partial charge in [0.05, 0.1) is 5.69 Å². The number of hydrazine groups is 1. The first-order valence-electron chi connectivity index (χ1n) is 6.51. The minimum Gasteiger partial charge on any atom is -0.308 e. The summed E-state index contributed by atoms with van der Waals surface area (Å²) >= 11 is 0. The van der Waals surface area contributed by atoms with E-state index in [1.165, 1.54) is 22.6 Å². The summed E-state index contributed by atoms with van der Waals surface area (Å²) in [6.45, 7) is 4.05. The molecule has 6 nitrogen and oxygen atoms in total. The summed E-state index contributed by atoms with van der Waals surface area (Å²) in [5.74, 6) is 5.64. The fraction of sp³-hybridized carbons (Fsp3) is 0.214. The summed E-state index contributed by atoms with van der Waals surface area (Å²) in [4.78, 5) is 4.08. The summed E-state index contributed by atoms with van der Waals surface area (Å²) in [6.07, 6.45) is 1.29. The molecule has 0 aliphatic heterocycles. The maximum absolute atomic E-state index is 12.7. The van der Waals surface area contributed by atoms with E-state index < -0.39 is 10.0 Å². The van der Waals surface area contributed by atoms with E-state index >= 15 is 0 Å². The fourth-order valence-corrected chi connectivity index (χ4v) is 3.43. The van der Waals surface area contributed by atoms with Crippen LogP contribution in [-0.4, -0.2) is 19.9 Å². The third-order valence-electron chi connectivity index (χ3n) is 3.05. The van der Waals surface area contributed by atoms with Gasteiger partial charge in [-0.05, 0) is 43.7 Å². The monoisotopic (exact) mass is 306 g/mol. The maximum Gasteiger partial charge on any atom is 0.265 e. The van der Waals surface area contributed by atoms with Crippen LogP contribution in [0.15, 0.2) is 47.5 Å². The highest BCUT2D eigenvalue weighted by Gasteiger charge is 2.23. The predicted molar refractivity (Wildman–Crippen MR) is 83.4 cm³/mol. The molecule has 0 saturated carbocycles. The second kappa shape index (κ2) is 6.11. The Morgan fingerprint density at radius 2 is 2.05 bits per heavy atom. The van der Waals surface area contributed by atoms with E-state index in [4.69, 9.17) is 5.84 Å². The zero-order chi connectivity index (χ0) is 15.5. The molecule has 3 N–H and O–H groups in total. The quantitative estimate of drug-likeness (QED) is 0.650. The number of hydrogen-bond donors (Lipinski definition) is 2. The van der Waals surface area contributed by atoms with E-state index in [9.17, 15) is 8.42 Å². The first-order valence-corrected chi connectivity index (χ1v) is 7.95. The van der Waals surface area contributed by atoms with Gasteiger partial charge >= 0.3 is 0 Å². The highest BCUT2D eigenvalue weighted by atomic mass is 32.2. The normalized spacial score (nSPS) is 11.2. The Morgan fingerprint density at radius 1 is 1.29 bits per heavy atom. The third-order valence-corrected chi connectivity index (χ3v) is 4.94. The number of nitrogen functional groups attached to an aromatic ring is 1. The summed E-state index contributed by atoms with van der Waals surface area (Å²) in [6, 6.07) is 10.4. The van der Waals surface area contributed by atoms with Gasteiger partial charge in [0, 0.05) is 12.7 Å². The lowest BCUT2D eigenvalue weighted by Gasteiger charge is -2.23. The predicted octanol–water partition coefficient (Wildman–Crippen LogP) is 1.89. The molecule has 0 bridgehead atoms. The van der Waals surface area contributed by atoms with Crippen LogP contribution in [0.25, 0.3) is 0 Å². The molecule has 0 atom stereocenters. The van der Waals surface area contributed by atoms with Crippen molar-refractivity contribution in [3.63, 3.8) is 0 Å². The van der Waals surface area contributed by atoms with Crippen LogP contribution in [-0.2, 0) is 10.0 Å². The van der Waals surface area contributed by atoms with Crippen molar-refractivity contribution in [2.45, 2.75) is 18.7 Å². The number of hydrogen-bond acceptors (Lipinski definition) is 5. The first kappa shape index (κ1) is 15.3. The molecule has 2 aromatic rings. The Hall–Kier alpha value is -2.12. The van der Waals surface area contributed by atoms with Crippen molar-refractivity contribution in [2.75, 3.05) is 16.3 Å². The largest absolute Gasteiger partial charge is 0.308 e. The number of nitrogens with zero attached hydrogens (tertiary/aromatic N) is 2. The average molecular weight is 306 g/mol. The van der Waals surface area contributed by atoms with Crippen molar-refractivity contribution in [3.05, 3.63) is 48.2 Å². The van der Waals surface area contributed by atoms with Crippen LogP contribution in [0.3, 0.4) is 0 Å². The molecule has 0 aliphatic carbocycles. The average Bonchev–Trinajstić information content (AvgIpc) is 2.48. The van der Waals surface area contributed by atoms with Gasteiger partial charge in [-0.25, -0.2) is 19.2 Å². The number of benzene rings is 1. The molecule has 0 radical (unpaired) electrons. The number of aryl methyl sites for hydroxylation is 1. The first-order chi connectivity index (χ1) is 9.98. The molecule has 1 heterocycles. The van der Waals surface area contributed by atoms with Crippen molar-refractivity contribution in [1.82, 2.24) is 4.98 Å². The Kier molecular flexibility index (Phi) is 4.44. The van der Waals surface area contributed by atoms with E-state index in [1.807, 2.05) is 25.1 Å². The molecule has 112 valence electrons. The van der Waals surface area contributed by atoms with Gasteiger partial charge in [0.1, 0.15) is 10.7 Å². The molecule has 1 aromatic heterocycles. The van der Waals surface area contributed by atoms with Crippen LogP contribution >= 0.6 is 0 Å². The molecule has 1 aromatic carbocycles. The van der Waals surface area contributed by atoms with Crippen molar-refractivity contribution >= 4 is 21.5 Å². The van der Waals surface area contributed by atoms with Crippen LogP contribution in [0.5, 0.6) is 0 Å². The van der Waals surface area contributed by atoms with Gasteiger partial charge in [-0.3, -0.25) is 4.31 Å². The van der Waals surface area contributed by atoms with Crippen LogP contribution in [0.2, 0.25) is 0 Å². The highest BCUT2D eigenvalue weighted by Crippen LogP contribution is 2.24. The molecule has 21 heavy (non-hydrogen) atoms. The molecule has 0 aliphatic rings. The number of nitrogens with two attached hydrogens (primary N) is 1. The van der Waals surface area contributed by atoms with Gasteiger partial charge in [-0.15, -0.1) is 0 Å². The molecule has 0 saturated heterocycles. The minimum atomic E-state index is -3.64. The number of anilines is 2. The lowest BCUT2D eigenvalue weighted by molar-refractivity contribution is 0.591.